The fourth-order valence-corrected chi connectivity index (χ4v) is 2.22. The van der Waals surface area contributed by atoms with Gasteiger partial charge in [0, 0.05) is 0 Å². The Morgan fingerprint density at radius 1 is 1.57 bits per heavy atom. The molecule has 1 aromatic heterocycles. The summed E-state index contributed by atoms with van der Waals surface area (Å²) in [4.78, 5) is 12.0. The Kier molecular flexibility index (Phi) is 2.55. The third-order valence-electron chi connectivity index (χ3n) is 1.75. The van der Waals surface area contributed by atoms with Gasteiger partial charge in [0.25, 0.3) is 0 Å². The van der Waals surface area contributed by atoms with Gasteiger partial charge in [-0.05, 0) is 17.9 Å². The third-order valence-corrected chi connectivity index (χ3v) is 3.49. The first-order valence-corrected chi connectivity index (χ1v) is 5.71. The van der Waals surface area contributed by atoms with E-state index in [9.17, 15) is 0 Å². The van der Waals surface area contributed by atoms with Gasteiger partial charge in [-0.2, -0.15) is 0 Å². The van der Waals surface area contributed by atoms with Gasteiger partial charge in [0.2, 0.25) is 4.33 Å². The smallest absolute Gasteiger partial charge is 0.227 e. The SMILES string of the molecule is CSC1(Cl)N=C(Cl)Nc2cncnc21. The molecule has 1 atom stereocenters. The normalized spacial score (nSPS) is 24.9. The number of nitrogens with zero attached hydrogens (tertiary/aromatic N) is 3. The topological polar surface area (TPSA) is 50.2 Å². The predicted molar refractivity (Wildman–Crippen MR) is 60.0 cm³/mol. The standard InChI is InChI=1S/C7H6Cl2N4S/c1-14-7(9)5-4(2-10-3-11-5)12-6(8)13-7/h2-3H,1H3,(H,12,13). The van der Waals surface area contributed by atoms with Gasteiger partial charge >= 0.3 is 0 Å². The summed E-state index contributed by atoms with van der Waals surface area (Å²) >= 11 is 13.4. The Hall–Kier alpha value is -0.520. The molecule has 0 saturated carbocycles. The third kappa shape index (κ3) is 1.55. The zero-order chi connectivity index (χ0) is 10.2. The van der Waals surface area contributed by atoms with Crippen LogP contribution in [0.15, 0.2) is 17.5 Å². The van der Waals surface area contributed by atoms with E-state index in [4.69, 9.17) is 23.2 Å². The minimum absolute atomic E-state index is 0.247. The van der Waals surface area contributed by atoms with Gasteiger partial charge in [-0.25, -0.2) is 15.0 Å². The second-order valence-corrected chi connectivity index (χ2v) is 4.71. The van der Waals surface area contributed by atoms with Crippen LogP contribution in [-0.2, 0) is 4.33 Å². The molecule has 1 unspecified atom stereocenters. The van der Waals surface area contributed by atoms with Crippen molar-refractivity contribution < 1.29 is 0 Å². The van der Waals surface area contributed by atoms with E-state index in [-0.39, 0.29) is 5.29 Å². The highest BCUT2D eigenvalue weighted by Gasteiger charge is 2.36. The summed E-state index contributed by atoms with van der Waals surface area (Å²) in [5.74, 6) is 0. The van der Waals surface area contributed by atoms with E-state index in [2.05, 4.69) is 20.3 Å². The maximum atomic E-state index is 6.25. The Bertz CT molecular complexity index is 397. The van der Waals surface area contributed by atoms with E-state index in [1.807, 2.05) is 6.26 Å². The molecular formula is C7H6Cl2N4S. The molecule has 74 valence electrons. The van der Waals surface area contributed by atoms with Crippen LogP contribution in [0.2, 0.25) is 0 Å². The molecule has 2 heterocycles. The van der Waals surface area contributed by atoms with Crippen molar-refractivity contribution in [1.29, 1.82) is 0 Å². The molecule has 4 nitrogen and oxygen atoms in total. The van der Waals surface area contributed by atoms with Crippen molar-refractivity contribution in [2.24, 2.45) is 4.99 Å². The molecular weight excluding hydrogens is 243 g/mol. The number of hydrogen-bond donors (Lipinski definition) is 1. The number of fused-ring (bicyclic) bond motifs is 1. The molecule has 1 aliphatic heterocycles. The molecule has 7 heteroatoms. The number of alkyl halides is 1. The first-order valence-electron chi connectivity index (χ1n) is 3.72. The lowest BCUT2D eigenvalue weighted by Crippen LogP contribution is -2.25. The van der Waals surface area contributed by atoms with E-state index in [1.54, 1.807) is 6.20 Å². The number of amidine groups is 1. The molecule has 1 aromatic rings. The average molecular weight is 249 g/mol. The van der Waals surface area contributed by atoms with Crippen LogP contribution in [0.1, 0.15) is 5.69 Å². The Labute approximate surface area is 95.1 Å². The molecule has 0 radical (unpaired) electrons. The summed E-state index contributed by atoms with van der Waals surface area (Å²) in [5.41, 5.74) is 1.32. The van der Waals surface area contributed by atoms with Gasteiger partial charge in [0.15, 0.2) is 5.29 Å². The molecule has 0 fully saturated rings. The molecule has 2 rings (SSSR count). The second-order valence-electron chi connectivity index (χ2n) is 2.58. The van der Waals surface area contributed by atoms with Crippen LogP contribution >= 0.6 is 35.0 Å². The van der Waals surface area contributed by atoms with Crippen molar-refractivity contribution in [2.75, 3.05) is 11.6 Å². The van der Waals surface area contributed by atoms with Crippen molar-refractivity contribution in [3.05, 3.63) is 18.2 Å². The molecule has 0 saturated heterocycles. The summed E-state index contributed by atoms with van der Waals surface area (Å²) in [6.07, 6.45) is 4.90. The summed E-state index contributed by atoms with van der Waals surface area (Å²) in [6.45, 7) is 0. The van der Waals surface area contributed by atoms with Crippen LogP contribution in [0.5, 0.6) is 0 Å². The first kappa shape index (κ1) is 10.0. The lowest BCUT2D eigenvalue weighted by atomic mass is 10.3. The van der Waals surface area contributed by atoms with Crippen molar-refractivity contribution in [3.8, 4) is 0 Å². The average Bonchev–Trinajstić information content (AvgIpc) is 2.17. The zero-order valence-electron chi connectivity index (χ0n) is 7.16. The van der Waals surface area contributed by atoms with Gasteiger partial charge in [-0.1, -0.05) is 11.6 Å². The van der Waals surface area contributed by atoms with Gasteiger partial charge in [-0.15, -0.1) is 11.8 Å². The van der Waals surface area contributed by atoms with Crippen LogP contribution in [0.25, 0.3) is 0 Å². The van der Waals surface area contributed by atoms with E-state index >= 15 is 0 Å². The lowest BCUT2D eigenvalue weighted by Gasteiger charge is -2.26. The largest absolute Gasteiger partial charge is 0.328 e. The molecule has 1 aliphatic rings. The Balaban J connectivity index is 2.57. The Morgan fingerprint density at radius 2 is 2.36 bits per heavy atom. The van der Waals surface area contributed by atoms with Gasteiger partial charge in [0.05, 0.1) is 11.9 Å². The van der Waals surface area contributed by atoms with Crippen molar-refractivity contribution >= 4 is 45.9 Å². The molecule has 0 amide bonds. The van der Waals surface area contributed by atoms with Gasteiger partial charge < -0.3 is 5.32 Å². The Morgan fingerprint density at radius 3 is 3.07 bits per heavy atom. The number of aromatic nitrogens is 2. The minimum atomic E-state index is -0.944. The van der Waals surface area contributed by atoms with E-state index in [0.29, 0.717) is 11.4 Å². The molecule has 0 bridgehead atoms. The summed E-state index contributed by atoms with van der Waals surface area (Å²) < 4.78 is -0.944. The van der Waals surface area contributed by atoms with E-state index in [1.165, 1.54) is 18.1 Å². The molecule has 14 heavy (non-hydrogen) atoms. The fraction of sp³-hybridized carbons (Fsp3) is 0.286. The van der Waals surface area contributed by atoms with Crippen LogP contribution in [0.4, 0.5) is 5.69 Å². The summed E-state index contributed by atoms with van der Waals surface area (Å²) in [7, 11) is 0. The van der Waals surface area contributed by atoms with E-state index in [0.717, 1.165) is 0 Å². The predicted octanol–water partition coefficient (Wildman–Crippen LogP) is 2.21. The van der Waals surface area contributed by atoms with Crippen LogP contribution in [0.3, 0.4) is 0 Å². The summed E-state index contributed by atoms with van der Waals surface area (Å²) in [5, 5.41) is 3.09. The molecule has 0 spiro atoms. The van der Waals surface area contributed by atoms with Crippen molar-refractivity contribution in [1.82, 2.24) is 9.97 Å². The van der Waals surface area contributed by atoms with Crippen LogP contribution in [0, 0.1) is 0 Å². The minimum Gasteiger partial charge on any atom is -0.328 e. The van der Waals surface area contributed by atoms with Gasteiger partial charge in [0.1, 0.15) is 12.0 Å². The number of anilines is 1. The van der Waals surface area contributed by atoms with E-state index < -0.39 is 4.33 Å². The second kappa shape index (κ2) is 3.56. The number of halogens is 2. The van der Waals surface area contributed by atoms with Gasteiger partial charge in [-0.3, -0.25) is 0 Å². The first-order chi connectivity index (χ1) is 6.65. The number of nitrogens with one attached hydrogen (secondary N) is 1. The quantitative estimate of drug-likeness (QED) is 0.612. The van der Waals surface area contributed by atoms with Crippen molar-refractivity contribution in [2.45, 2.75) is 4.33 Å². The number of thioether (sulfide) groups is 1. The number of hydrogen-bond acceptors (Lipinski definition) is 5. The fourth-order valence-electron chi connectivity index (χ4n) is 1.13. The van der Waals surface area contributed by atoms with Crippen LogP contribution in [-0.4, -0.2) is 21.5 Å². The summed E-state index contributed by atoms with van der Waals surface area (Å²) in [6, 6.07) is 0. The maximum absolute atomic E-state index is 6.25. The number of aliphatic imine (C=N–C) groups is 1. The lowest BCUT2D eigenvalue weighted by molar-refractivity contribution is 0.863. The highest BCUT2D eigenvalue weighted by Crippen LogP contribution is 2.44. The maximum Gasteiger partial charge on any atom is 0.227 e. The molecule has 0 aliphatic carbocycles. The molecule has 0 aromatic carbocycles. The monoisotopic (exact) mass is 248 g/mol. The molecule has 1 N–H and O–H groups in total. The highest BCUT2D eigenvalue weighted by atomic mass is 35.5. The van der Waals surface area contributed by atoms with Crippen LogP contribution < -0.4 is 5.32 Å². The number of rotatable bonds is 1. The zero-order valence-corrected chi connectivity index (χ0v) is 9.49. The highest BCUT2D eigenvalue weighted by molar-refractivity contribution is 8.00. The van der Waals surface area contributed by atoms with Crippen molar-refractivity contribution in [3.63, 3.8) is 0 Å².